The fraction of sp³-hybridized carbons (Fsp3) is 0.269. The predicted octanol–water partition coefficient (Wildman–Crippen LogP) is 3.86. The third-order valence-corrected chi connectivity index (χ3v) is 7.27. The smallest absolute Gasteiger partial charge is 0.226 e. The van der Waals surface area contributed by atoms with E-state index in [1.165, 1.54) is 6.33 Å². The van der Waals surface area contributed by atoms with E-state index in [1.54, 1.807) is 31.6 Å². The second-order valence-corrected chi connectivity index (χ2v) is 9.79. The van der Waals surface area contributed by atoms with Gasteiger partial charge in [0.05, 0.1) is 34.8 Å². The Kier molecular flexibility index (Phi) is 4.61. The fourth-order valence-corrected chi connectivity index (χ4v) is 5.01. The number of aryl methyl sites for hydroxylation is 1. The maximum absolute atomic E-state index is 15.5. The lowest BCUT2D eigenvalue weighted by Gasteiger charge is -2.19. The van der Waals surface area contributed by atoms with Crippen LogP contribution in [0.25, 0.3) is 22.1 Å². The molecule has 3 aromatic heterocycles. The number of rotatable bonds is 5. The number of hydrogen-bond donors (Lipinski definition) is 2. The van der Waals surface area contributed by atoms with E-state index in [4.69, 9.17) is 4.74 Å². The van der Waals surface area contributed by atoms with Crippen molar-refractivity contribution in [2.75, 3.05) is 23.3 Å². The molecule has 2 fully saturated rings. The quantitative estimate of drug-likeness (QED) is 0.373. The van der Waals surface area contributed by atoms with Crippen LogP contribution >= 0.6 is 0 Å². The Morgan fingerprint density at radius 3 is 2.86 bits per heavy atom. The van der Waals surface area contributed by atoms with Crippen molar-refractivity contribution >= 4 is 39.5 Å². The first-order valence-corrected chi connectivity index (χ1v) is 12.0. The van der Waals surface area contributed by atoms with E-state index in [2.05, 4.69) is 30.2 Å². The number of nitrogens with zero attached hydrogens (tertiary/aromatic N) is 7. The van der Waals surface area contributed by atoms with Crippen molar-refractivity contribution in [3.63, 3.8) is 0 Å². The first-order chi connectivity index (χ1) is 17.9. The minimum Gasteiger partial charge on any atom is -0.457 e. The minimum absolute atomic E-state index is 0.238. The molecule has 2 aliphatic rings. The van der Waals surface area contributed by atoms with Gasteiger partial charge in [0.1, 0.15) is 28.9 Å². The van der Waals surface area contributed by atoms with Gasteiger partial charge in [-0.2, -0.15) is 0 Å². The largest absolute Gasteiger partial charge is 0.457 e. The van der Waals surface area contributed by atoms with Gasteiger partial charge in [-0.15, -0.1) is 0 Å². The number of nitrogens with one attached hydrogen (secondary N) is 1. The summed E-state index contributed by atoms with van der Waals surface area (Å²) in [5.41, 5.74) is 2.75. The molecule has 11 heteroatoms. The average Bonchev–Trinajstić information content (AvgIpc) is 3.20. The zero-order valence-electron chi connectivity index (χ0n) is 20.2. The van der Waals surface area contributed by atoms with Gasteiger partial charge in [0.25, 0.3) is 0 Å². The highest BCUT2D eigenvalue weighted by molar-refractivity contribution is 5.87. The van der Waals surface area contributed by atoms with Crippen molar-refractivity contribution in [1.82, 2.24) is 29.5 Å². The summed E-state index contributed by atoms with van der Waals surface area (Å²) in [7, 11) is 1.92. The van der Waals surface area contributed by atoms with Crippen LogP contribution in [-0.4, -0.2) is 53.3 Å². The molecule has 1 saturated carbocycles. The lowest BCUT2D eigenvalue weighted by molar-refractivity contribution is 0.158. The average molecular weight is 499 g/mol. The maximum Gasteiger partial charge on any atom is 0.226 e. The van der Waals surface area contributed by atoms with E-state index in [0.717, 1.165) is 17.5 Å². The Bertz CT molecular complexity index is 1710. The predicted molar refractivity (Wildman–Crippen MR) is 136 cm³/mol. The first-order valence-electron chi connectivity index (χ1n) is 12.0. The molecule has 1 saturated heterocycles. The number of fused-ring (bicyclic) bond motifs is 3. The van der Waals surface area contributed by atoms with Crippen molar-refractivity contribution < 1.29 is 14.2 Å². The standard InChI is InChI=1S/C26H23FN8O2/c1-14-21(37-16-3-5-20-18(7-16)31-13-34(20)2)6-4-17(22(14)27)32-24-23-19(29-12-30-24)9-28-25(33-23)35-10-15-8-26(15,36)11-35/h3-7,9,12-13,15,36H,8,10-11H2,1-2H3,(H,29,30,32). The summed E-state index contributed by atoms with van der Waals surface area (Å²) in [6.07, 6.45) is 5.57. The van der Waals surface area contributed by atoms with Crippen molar-refractivity contribution in [3.8, 4) is 11.5 Å². The second-order valence-electron chi connectivity index (χ2n) is 9.79. The SMILES string of the molecule is Cc1c(Oc2ccc3c(c2)ncn3C)ccc(Nc2ncnc3cnc(N4CC5CC5(O)C4)nc23)c1F. The molecular weight excluding hydrogens is 475 g/mol. The molecule has 1 aliphatic carbocycles. The highest BCUT2D eigenvalue weighted by atomic mass is 19.1. The van der Waals surface area contributed by atoms with Gasteiger partial charge in [-0.25, -0.2) is 29.3 Å². The number of hydrogen-bond acceptors (Lipinski definition) is 9. The molecule has 0 spiro atoms. The molecule has 0 radical (unpaired) electrons. The molecular formula is C26H23FN8O2. The van der Waals surface area contributed by atoms with Crippen LogP contribution < -0.4 is 15.0 Å². The highest BCUT2D eigenvalue weighted by Crippen LogP contribution is 2.49. The second kappa shape index (κ2) is 7.81. The van der Waals surface area contributed by atoms with Crippen LogP contribution in [0.2, 0.25) is 0 Å². The molecule has 2 N–H and O–H groups in total. The van der Waals surface area contributed by atoms with Crippen molar-refractivity contribution in [2.24, 2.45) is 13.0 Å². The summed E-state index contributed by atoms with van der Waals surface area (Å²) < 4.78 is 23.4. The van der Waals surface area contributed by atoms with E-state index >= 15 is 4.39 Å². The van der Waals surface area contributed by atoms with Crippen LogP contribution in [0.15, 0.2) is 49.2 Å². The number of β-amino-alcohol motifs (C(OH)–C–C–N with tert-alkyl or cyclic N) is 1. The molecule has 2 aromatic carbocycles. The third kappa shape index (κ3) is 3.61. The van der Waals surface area contributed by atoms with E-state index in [1.807, 2.05) is 34.7 Å². The fourth-order valence-electron chi connectivity index (χ4n) is 5.01. The number of piperidine rings is 1. The highest BCUT2D eigenvalue weighted by Gasteiger charge is 2.59. The monoisotopic (exact) mass is 498 g/mol. The van der Waals surface area contributed by atoms with Gasteiger partial charge in [-0.1, -0.05) is 0 Å². The van der Waals surface area contributed by atoms with Crippen molar-refractivity contribution in [1.29, 1.82) is 0 Å². The minimum atomic E-state index is -0.625. The summed E-state index contributed by atoms with van der Waals surface area (Å²) in [5.74, 6) is 1.64. The summed E-state index contributed by atoms with van der Waals surface area (Å²) in [6.45, 7) is 2.88. The zero-order valence-corrected chi connectivity index (χ0v) is 20.2. The first kappa shape index (κ1) is 21.9. The Labute approximate surface area is 210 Å². The third-order valence-electron chi connectivity index (χ3n) is 7.27. The van der Waals surface area contributed by atoms with Gasteiger partial charge in [0.15, 0.2) is 11.6 Å². The van der Waals surface area contributed by atoms with E-state index < -0.39 is 11.4 Å². The zero-order chi connectivity index (χ0) is 25.3. The lowest BCUT2D eigenvalue weighted by atomic mass is 10.1. The van der Waals surface area contributed by atoms with Gasteiger partial charge >= 0.3 is 0 Å². The molecule has 2 unspecified atom stereocenters. The maximum atomic E-state index is 15.5. The number of benzene rings is 2. The Morgan fingerprint density at radius 1 is 1.14 bits per heavy atom. The van der Waals surface area contributed by atoms with Crippen LogP contribution in [0, 0.1) is 18.7 Å². The molecule has 5 aromatic rings. The van der Waals surface area contributed by atoms with Crippen molar-refractivity contribution in [3.05, 3.63) is 60.6 Å². The summed E-state index contributed by atoms with van der Waals surface area (Å²) >= 11 is 0. The van der Waals surface area contributed by atoms with Crippen LogP contribution in [0.4, 0.5) is 21.8 Å². The topological polar surface area (TPSA) is 114 Å². The van der Waals surface area contributed by atoms with Crippen LogP contribution in [-0.2, 0) is 7.05 Å². The molecule has 186 valence electrons. The summed E-state index contributed by atoms with van der Waals surface area (Å²) in [5, 5.41) is 13.5. The van der Waals surface area contributed by atoms with E-state index in [-0.39, 0.29) is 11.6 Å². The Hall–Kier alpha value is -4.38. The molecule has 1 aliphatic heterocycles. The van der Waals surface area contributed by atoms with Crippen molar-refractivity contribution in [2.45, 2.75) is 18.9 Å². The van der Waals surface area contributed by atoms with Gasteiger partial charge in [0.2, 0.25) is 5.95 Å². The molecule has 0 bridgehead atoms. The summed E-state index contributed by atoms with van der Waals surface area (Å²) in [4.78, 5) is 23.9. The van der Waals surface area contributed by atoms with Crippen LogP contribution in [0.5, 0.6) is 11.5 Å². The van der Waals surface area contributed by atoms with Gasteiger partial charge in [0, 0.05) is 37.7 Å². The molecule has 7 rings (SSSR count). The normalized spacial score (nSPS) is 20.4. The number of imidazole rings is 1. The summed E-state index contributed by atoms with van der Waals surface area (Å²) in [6, 6.07) is 8.90. The van der Waals surface area contributed by atoms with E-state index in [0.29, 0.717) is 53.0 Å². The number of aliphatic hydroxyl groups is 1. The molecule has 0 amide bonds. The molecule has 37 heavy (non-hydrogen) atoms. The molecule has 4 heterocycles. The van der Waals surface area contributed by atoms with E-state index in [9.17, 15) is 5.11 Å². The number of aromatic nitrogens is 6. The molecule has 10 nitrogen and oxygen atoms in total. The number of ether oxygens (including phenoxy) is 1. The van der Waals surface area contributed by atoms with Crippen LogP contribution in [0.3, 0.4) is 0 Å². The Morgan fingerprint density at radius 2 is 2.03 bits per heavy atom. The van der Waals surface area contributed by atoms with Gasteiger partial charge in [-0.05, 0) is 37.6 Å². The lowest BCUT2D eigenvalue weighted by Crippen LogP contribution is -2.28. The molecule has 2 atom stereocenters. The van der Waals surface area contributed by atoms with Crippen LogP contribution in [0.1, 0.15) is 12.0 Å². The Balaban J connectivity index is 1.17. The van der Waals surface area contributed by atoms with Gasteiger partial charge in [-0.3, -0.25) is 0 Å². The number of halogens is 1. The van der Waals surface area contributed by atoms with Gasteiger partial charge < -0.3 is 24.6 Å². The number of anilines is 3.